The fraction of sp³-hybridized carbons (Fsp3) is 0.571. The van der Waals surface area contributed by atoms with E-state index >= 15 is 0 Å². The summed E-state index contributed by atoms with van der Waals surface area (Å²) < 4.78 is 18.7. The van der Waals surface area contributed by atoms with Gasteiger partial charge in [0.05, 0.1) is 11.6 Å². The summed E-state index contributed by atoms with van der Waals surface area (Å²) >= 11 is 5.62. The third kappa shape index (κ3) is 4.23. The lowest BCUT2D eigenvalue weighted by Crippen LogP contribution is -2.34. The van der Waals surface area contributed by atoms with Crippen LogP contribution in [0.3, 0.4) is 0 Å². The maximum absolute atomic E-state index is 13.2. The van der Waals surface area contributed by atoms with Crippen LogP contribution in [0, 0.1) is 5.82 Å². The molecule has 100 valence electrons. The summed E-state index contributed by atoms with van der Waals surface area (Å²) in [5.74, 6) is -0.383. The summed E-state index contributed by atoms with van der Waals surface area (Å²) in [6, 6.07) is 5.38. The van der Waals surface area contributed by atoms with E-state index in [1.54, 1.807) is 12.1 Å². The molecule has 1 N–H and O–H groups in total. The van der Waals surface area contributed by atoms with E-state index in [9.17, 15) is 4.39 Å². The monoisotopic (exact) mass is 271 g/mol. The molecule has 2 nitrogen and oxygen atoms in total. The molecule has 0 amide bonds. The normalized spacial score (nSPS) is 20.0. The van der Waals surface area contributed by atoms with Crippen molar-refractivity contribution >= 4 is 11.6 Å². The molecular weight excluding hydrogens is 253 g/mol. The fourth-order valence-corrected chi connectivity index (χ4v) is 2.33. The molecule has 1 aliphatic rings. The summed E-state index contributed by atoms with van der Waals surface area (Å²) in [6.45, 7) is 2.27. The van der Waals surface area contributed by atoms with Crippen molar-refractivity contribution in [2.75, 3.05) is 13.2 Å². The van der Waals surface area contributed by atoms with Crippen LogP contribution in [0.1, 0.15) is 31.2 Å². The van der Waals surface area contributed by atoms with Crippen LogP contribution in [0.4, 0.5) is 4.39 Å². The van der Waals surface area contributed by atoms with Gasteiger partial charge < -0.3 is 10.1 Å². The SMILES string of the molecule is Fc1cc(COCCC2CCCCN2)ccc1Cl. The molecule has 1 heterocycles. The molecule has 1 aliphatic heterocycles. The van der Waals surface area contributed by atoms with Crippen molar-refractivity contribution in [3.63, 3.8) is 0 Å². The third-order valence-corrected chi connectivity index (χ3v) is 3.58. The van der Waals surface area contributed by atoms with Crippen LogP contribution in [-0.2, 0) is 11.3 Å². The molecule has 0 spiro atoms. The molecule has 0 bridgehead atoms. The summed E-state index contributed by atoms with van der Waals surface area (Å²) in [5.41, 5.74) is 0.827. The summed E-state index contributed by atoms with van der Waals surface area (Å²) in [6.07, 6.45) is 4.84. The third-order valence-electron chi connectivity index (χ3n) is 3.28. The Morgan fingerprint density at radius 3 is 3.00 bits per heavy atom. The standard InChI is InChI=1S/C14H19ClFNO/c15-13-5-4-11(9-14(13)16)10-18-8-6-12-3-1-2-7-17-12/h4-5,9,12,17H,1-3,6-8,10H2. The number of benzene rings is 1. The predicted molar refractivity (Wildman–Crippen MR) is 71.3 cm³/mol. The zero-order valence-corrected chi connectivity index (χ0v) is 11.2. The molecule has 2 rings (SSSR count). The second-order valence-electron chi connectivity index (χ2n) is 4.74. The molecule has 1 fully saturated rings. The first-order chi connectivity index (χ1) is 8.75. The van der Waals surface area contributed by atoms with Gasteiger partial charge in [0.2, 0.25) is 0 Å². The lowest BCUT2D eigenvalue weighted by atomic mass is 10.0. The van der Waals surface area contributed by atoms with Gasteiger partial charge in [-0.2, -0.15) is 0 Å². The molecule has 0 radical (unpaired) electrons. The average Bonchev–Trinajstić information content (AvgIpc) is 2.40. The molecule has 1 saturated heterocycles. The number of hydrogen-bond donors (Lipinski definition) is 1. The molecule has 18 heavy (non-hydrogen) atoms. The van der Waals surface area contributed by atoms with Crippen LogP contribution >= 0.6 is 11.6 Å². The van der Waals surface area contributed by atoms with Gasteiger partial charge in [0.15, 0.2) is 0 Å². The molecule has 0 aromatic heterocycles. The number of ether oxygens (including phenoxy) is 1. The number of hydrogen-bond acceptors (Lipinski definition) is 2. The second-order valence-corrected chi connectivity index (χ2v) is 5.14. The van der Waals surface area contributed by atoms with Gasteiger partial charge in [-0.25, -0.2) is 4.39 Å². The van der Waals surface area contributed by atoms with E-state index in [-0.39, 0.29) is 10.8 Å². The van der Waals surface area contributed by atoms with Gasteiger partial charge in [-0.15, -0.1) is 0 Å². The second kappa shape index (κ2) is 7.07. The van der Waals surface area contributed by atoms with Crippen molar-refractivity contribution < 1.29 is 9.13 Å². The highest BCUT2D eigenvalue weighted by Gasteiger charge is 2.11. The van der Waals surface area contributed by atoms with Gasteiger partial charge in [0, 0.05) is 12.6 Å². The van der Waals surface area contributed by atoms with E-state index in [1.165, 1.54) is 25.3 Å². The zero-order valence-electron chi connectivity index (χ0n) is 10.4. The van der Waals surface area contributed by atoms with Crippen LogP contribution in [0.2, 0.25) is 5.02 Å². The number of rotatable bonds is 5. The van der Waals surface area contributed by atoms with Crippen molar-refractivity contribution in [2.45, 2.75) is 38.3 Å². The smallest absolute Gasteiger partial charge is 0.142 e. The molecule has 4 heteroatoms. The number of piperidine rings is 1. The van der Waals surface area contributed by atoms with Crippen LogP contribution in [0.5, 0.6) is 0 Å². The first-order valence-corrected chi connectivity index (χ1v) is 6.88. The Kier molecular flexibility index (Phi) is 5.42. The molecule has 0 aliphatic carbocycles. The molecule has 1 atom stereocenters. The van der Waals surface area contributed by atoms with Crippen LogP contribution in [0.25, 0.3) is 0 Å². The Bertz CT molecular complexity index is 380. The lowest BCUT2D eigenvalue weighted by molar-refractivity contribution is 0.108. The molecule has 1 aromatic rings. The van der Waals surface area contributed by atoms with Crippen molar-refractivity contribution in [1.29, 1.82) is 0 Å². The number of nitrogens with one attached hydrogen (secondary N) is 1. The number of halogens is 2. The largest absolute Gasteiger partial charge is 0.377 e. The maximum atomic E-state index is 13.2. The Balaban J connectivity index is 1.66. The van der Waals surface area contributed by atoms with E-state index in [2.05, 4.69) is 5.32 Å². The van der Waals surface area contributed by atoms with E-state index in [1.807, 2.05) is 0 Å². The summed E-state index contributed by atoms with van der Waals surface area (Å²) in [7, 11) is 0. The quantitative estimate of drug-likeness (QED) is 0.828. The van der Waals surface area contributed by atoms with Gasteiger partial charge in [-0.05, 0) is 43.5 Å². The lowest BCUT2D eigenvalue weighted by Gasteiger charge is -2.23. The van der Waals surface area contributed by atoms with Gasteiger partial charge in [-0.1, -0.05) is 24.1 Å². The molecule has 1 aromatic carbocycles. The van der Waals surface area contributed by atoms with Gasteiger partial charge in [0.1, 0.15) is 5.82 Å². The minimum atomic E-state index is -0.383. The van der Waals surface area contributed by atoms with Gasteiger partial charge in [-0.3, -0.25) is 0 Å². The van der Waals surface area contributed by atoms with E-state index < -0.39 is 0 Å². The minimum Gasteiger partial charge on any atom is -0.377 e. The highest BCUT2D eigenvalue weighted by atomic mass is 35.5. The molecular formula is C14H19ClFNO. The van der Waals surface area contributed by atoms with Crippen LogP contribution in [-0.4, -0.2) is 19.2 Å². The van der Waals surface area contributed by atoms with E-state index in [4.69, 9.17) is 16.3 Å². The van der Waals surface area contributed by atoms with Crippen molar-refractivity contribution in [2.24, 2.45) is 0 Å². The Morgan fingerprint density at radius 1 is 1.39 bits per heavy atom. The first kappa shape index (κ1) is 13.8. The van der Waals surface area contributed by atoms with Gasteiger partial charge in [0.25, 0.3) is 0 Å². The van der Waals surface area contributed by atoms with Crippen molar-refractivity contribution in [1.82, 2.24) is 5.32 Å². The average molecular weight is 272 g/mol. The topological polar surface area (TPSA) is 21.3 Å². The predicted octanol–water partition coefficient (Wildman–Crippen LogP) is 3.53. The van der Waals surface area contributed by atoms with Crippen molar-refractivity contribution in [3.8, 4) is 0 Å². The zero-order chi connectivity index (χ0) is 12.8. The Morgan fingerprint density at radius 2 is 2.28 bits per heavy atom. The Labute approximate surface area is 112 Å². The molecule has 0 saturated carbocycles. The highest BCUT2D eigenvalue weighted by molar-refractivity contribution is 6.30. The summed E-state index contributed by atoms with van der Waals surface area (Å²) in [5, 5.41) is 3.63. The Hall–Kier alpha value is -0.640. The first-order valence-electron chi connectivity index (χ1n) is 6.51. The van der Waals surface area contributed by atoms with Gasteiger partial charge >= 0.3 is 0 Å². The van der Waals surface area contributed by atoms with Crippen molar-refractivity contribution in [3.05, 3.63) is 34.6 Å². The van der Waals surface area contributed by atoms with E-state index in [0.717, 1.165) is 18.5 Å². The van der Waals surface area contributed by atoms with E-state index in [0.29, 0.717) is 19.3 Å². The fourth-order valence-electron chi connectivity index (χ4n) is 2.22. The summed E-state index contributed by atoms with van der Waals surface area (Å²) in [4.78, 5) is 0. The molecule has 1 unspecified atom stereocenters. The van der Waals surface area contributed by atoms with Crippen LogP contribution in [0.15, 0.2) is 18.2 Å². The maximum Gasteiger partial charge on any atom is 0.142 e. The highest BCUT2D eigenvalue weighted by Crippen LogP contribution is 2.16. The minimum absolute atomic E-state index is 0.158. The van der Waals surface area contributed by atoms with Crippen LogP contribution < -0.4 is 5.32 Å².